The van der Waals surface area contributed by atoms with Crippen molar-refractivity contribution in [1.82, 2.24) is 9.80 Å². The molecule has 0 radical (unpaired) electrons. The Hall–Kier alpha value is 0.381. The molecule has 0 aliphatic carbocycles. The fraction of sp³-hybridized carbons (Fsp3) is 0.833. The molecule has 0 heterocycles. The van der Waals surface area contributed by atoms with Gasteiger partial charge in [-0.25, -0.2) is 0 Å². The molecule has 0 spiro atoms. The van der Waals surface area contributed by atoms with E-state index in [9.17, 15) is 10.5 Å². The molecule has 0 N–H and O–H groups in total. The van der Waals surface area contributed by atoms with Crippen molar-refractivity contribution in [2.24, 2.45) is 0 Å². The molecule has 0 amide bonds. The first-order valence-electron chi connectivity index (χ1n) is 5.97. The van der Waals surface area contributed by atoms with Crippen LogP contribution < -0.4 is 0 Å². The predicted molar refractivity (Wildman–Crippen MR) is 64.6 cm³/mol. The summed E-state index contributed by atoms with van der Waals surface area (Å²) in [5, 5.41) is 18.5. The number of rotatable bonds is 7. The van der Waals surface area contributed by atoms with Gasteiger partial charge in [0.1, 0.15) is 12.1 Å². The fourth-order valence-electron chi connectivity index (χ4n) is 1.94. The average molecular weight is 616 g/mol. The molecule has 0 aromatic rings. The van der Waals surface area contributed by atoms with Crippen molar-refractivity contribution < 1.29 is 44.8 Å². The summed E-state index contributed by atoms with van der Waals surface area (Å²) in [7, 11) is 0. The van der Waals surface area contributed by atoms with Crippen LogP contribution >= 0.6 is 0 Å². The smallest absolute Gasteiger partial charge is 0.286 e. The molecule has 0 aliphatic heterocycles. The molecular formula is C12H22Au2N4+6. The minimum absolute atomic E-state index is 0. The first-order valence-corrected chi connectivity index (χ1v) is 5.97. The van der Waals surface area contributed by atoms with E-state index < -0.39 is 0 Å². The summed E-state index contributed by atoms with van der Waals surface area (Å²) >= 11 is 0. The molecule has 2 unspecified atom stereocenters. The van der Waals surface area contributed by atoms with E-state index in [4.69, 9.17) is 0 Å². The molecule has 0 bridgehead atoms. The zero-order valence-corrected chi connectivity index (χ0v) is 15.7. The molecule has 0 saturated heterocycles. The Kier molecular flexibility index (Phi) is 18.0. The zero-order chi connectivity index (χ0) is 12.6. The first kappa shape index (κ1) is 23.5. The fourth-order valence-corrected chi connectivity index (χ4v) is 1.94. The van der Waals surface area contributed by atoms with Crippen LogP contribution in [-0.2, 0) is 44.8 Å². The van der Waals surface area contributed by atoms with Crippen LogP contribution in [0.4, 0.5) is 0 Å². The predicted octanol–water partition coefficient (Wildman–Crippen LogP) is 1.45. The topological polar surface area (TPSA) is 54.1 Å². The number of likely N-dealkylation sites (N-methyl/N-ethyl adjacent to an activating group) is 2. The molecule has 0 fully saturated rings. The molecule has 0 aromatic heterocycles. The van der Waals surface area contributed by atoms with Crippen LogP contribution in [0.1, 0.15) is 27.7 Å². The van der Waals surface area contributed by atoms with Crippen molar-refractivity contribution in [2.45, 2.75) is 39.8 Å². The molecular weight excluding hydrogens is 594 g/mol. The number of hydrogen-bond donors (Lipinski definition) is 0. The van der Waals surface area contributed by atoms with Gasteiger partial charge < -0.3 is 0 Å². The van der Waals surface area contributed by atoms with Crippen molar-refractivity contribution in [3.63, 3.8) is 0 Å². The largest absolute Gasteiger partial charge is 3.00 e. The Balaban J connectivity index is -0.00000112. The summed E-state index contributed by atoms with van der Waals surface area (Å²) in [6, 6.07) is 3.86. The van der Waals surface area contributed by atoms with Gasteiger partial charge in [-0.05, 0) is 26.2 Å². The van der Waals surface area contributed by atoms with Gasteiger partial charge in [0.15, 0.2) is 0 Å². The van der Waals surface area contributed by atoms with Gasteiger partial charge in [-0.1, -0.05) is 27.7 Å². The molecule has 18 heavy (non-hydrogen) atoms. The average Bonchev–Trinajstić information content (AvgIpc) is 2.33. The molecule has 0 saturated carbocycles. The Bertz CT molecular complexity index is 236. The zero-order valence-electron chi connectivity index (χ0n) is 11.4. The van der Waals surface area contributed by atoms with Crippen molar-refractivity contribution in [3.05, 3.63) is 0 Å². The van der Waals surface area contributed by atoms with Crippen molar-refractivity contribution in [1.29, 1.82) is 10.5 Å². The SMILES string of the molecule is CCN(CC)C(C#N)C(C#N)N(CC)CC.[Au+3].[Au+3]. The Labute approximate surface area is 142 Å². The molecule has 4 nitrogen and oxygen atoms in total. The molecule has 0 rings (SSSR count). The van der Waals surface area contributed by atoms with Gasteiger partial charge in [0.25, 0.3) is 0 Å². The van der Waals surface area contributed by atoms with Crippen LogP contribution in [0.3, 0.4) is 0 Å². The maximum Gasteiger partial charge on any atom is 3.00 e. The van der Waals surface area contributed by atoms with Crippen LogP contribution in [-0.4, -0.2) is 48.1 Å². The van der Waals surface area contributed by atoms with E-state index in [0.29, 0.717) is 0 Å². The van der Waals surface area contributed by atoms with Crippen LogP contribution in [0.2, 0.25) is 0 Å². The van der Waals surface area contributed by atoms with E-state index in [1.54, 1.807) is 0 Å². The van der Waals surface area contributed by atoms with Gasteiger partial charge >= 0.3 is 44.8 Å². The van der Waals surface area contributed by atoms with Gasteiger partial charge in [0.05, 0.1) is 12.1 Å². The second-order valence-electron chi connectivity index (χ2n) is 3.59. The normalized spacial score (nSPS) is 12.9. The molecule has 106 valence electrons. The minimum atomic E-state index is -0.333. The van der Waals surface area contributed by atoms with Gasteiger partial charge in [0.2, 0.25) is 0 Å². The number of nitriles is 2. The second kappa shape index (κ2) is 13.8. The van der Waals surface area contributed by atoms with Crippen LogP contribution in [0.15, 0.2) is 0 Å². The summed E-state index contributed by atoms with van der Waals surface area (Å²) in [6.07, 6.45) is 0. The Morgan fingerprint density at radius 3 is 1.06 bits per heavy atom. The number of nitrogens with zero attached hydrogens (tertiary/aromatic N) is 4. The van der Waals surface area contributed by atoms with Gasteiger partial charge in [-0.3, -0.25) is 9.80 Å². The standard InChI is InChI=1S/C12H22N4.2Au/c1-5-15(6-2)11(9-13)12(10-14)16(7-3)8-4;;/h11-12H,5-8H2,1-4H3;;/q;2*+3. The first-order chi connectivity index (χ1) is 7.69. The van der Waals surface area contributed by atoms with E-state index in [1.165, 1.54) is 0 Å². The summed E-state index contributed by atoms with van der Waals surface area (Å²) < 4.78 is 0. The third kappa shape index (κ3) is 6.52. The molecule has 2 atom stereocenters. The van der Waals surface area contributed by atoms with Gasteiger partial charge in [0, 0.05) is 0 Å². The van der Waals surface area contributed by atoms with Crippen LogP contribution in [0.25, 0.3) is 0 Å². The Morgan fingerprint density at radius 1 is 0.722 bits per heavy atom. The maximum atomic E-state index is 9.23. The monoisotopic (exact) mass is 616 g/mol. The van der Waals surface area contributed by atoms with Crippen molar-refractivity contribution >= 4 is 0 Å². The number of hydrogen-bond acceptors (Lipinski definition) is 4. The van der Waals surface area contributed by atoms with E-state index in [1.807, 2.05) is 37.5 Å². The molecule has 0 aromatic carbocycles. The summed E-state index contributed by atoms with van der Waals surface area (Å²) in [5.41, 5.74) is 0. The molecule has 0 aliphatic rings. The van der Waals surface area contributed by atoms with E-state index >= 15 is 0 Å². The Morgan fingerprint density at radius 2 is 0.944 bits per heavy atom. The molecule has 6 heteroatoms. The van der Waals surface area contributed by atoms with Crippen molar-refractivity contribution in [2.75, 3.05) is 26.2 Å². The van der Waals surface area contributed by atoms with Gasteiger partial charge in [-0.15, -0.1) is 0 Å². The van der Waals surface area contributed by atoms with Crippen LogP contribution in [0.5, 0.6) is 0 Å². The van der Waals surface area contributed by atoms with Crippen molar-refractivity contribution in [3.8, 4) is 12.1 Å². The van der Waals surface area contributed by atoms with E-state index in [-0.39, 0.29) is 56.8 Å². The second-order valence-corrected chi connectivity index (χ2v) is 3.59. The van der Waals surface area contributed by atoms with E-state index in [0.717, 1.165) is 26.2 Å². The van der Waals surface area contributed by atoms with E-state index in [2.05, 4.69) is 12.1 Å². The van der Waals surface area contributed by atoms with Crippen LogP contribution in [0, 0.1) is 22.7 Å². The summed E-state index contributed by atoms with van der Waals surface area (Å²) in [5.74, 6) is 0. The summed E-state index contributed by atoms with van der Waals surface area (Å²) in [4.78, 5) is 4.07. The third-order valence-electron chi connectivity index (χ3n) is 2.98. The summed E-state index contributed by atoms with van der Waals surface area (Å²) in [6.45, 7) is 11.3. The minimum Gasteiger partial charge on any atom is -0.286 e. The third-order valence-corrected chi connectivity index (χ3v) is 2.98. The maximum absolute atomic E-state index is 9.23. The van der Waals surface area contributed by atoms with Gasteiger partial charge in [-0.2, -0.15) is 10.5 Å². The quantitative estimate of drug-likeness (QED) is 0.407.